The first-order valence-corrected chi connectivity index (χ1v) is 4.31. The summed E-state index contributed by atoms with van der Waals surface area (Å²) in [5.74, 6) is 1.56. The van der Waals surface area contributed by atoms with Crippen LogP contribution in [0, 0.1) is 5.92 Å². The molecule has 1 rings (SSSR count). The third kappa shape index (κ3) is 1.15. The molecule has 11 heavy (non-hydrogen) atoms. The van der Waals surface area contributed by atoms with Gasteiger partial charge in [0.1, 0.15) is 0 Å². The molecule has 1 aliphatic rings. The summed E-state index contributed by atoms with van der Waals surface area (Å²) in [5.41, 5.74) is 5.98. The van der Waals surface area contributed by atoms with Gasteiger partial charge < -0.3 is 0 Å². The van der Waals surface area contributed by atoms with E-state index in [1.807, 2.05) is 0 Å². The van der Waals surface area contributed by atoms with Gasteiger partial charge in [0.15, 0.2) is 0 Å². The molecule has 61 valence electrons. The van der Waals surface area contributed by atoms with E-state index in [0.29, 0.717) is 0 Å². The largest absolute Gasteiger partial charge is 0.0642 e. The molecule has 0 N–H and O–H groups in total. The zero-order valence-electron chi connectivity index (χ0n) is 8.21. The Balaban J connectivity index is 3.04. The maximum absolute atomic E-state index is 2.23. The molecule has 0 heterocycles. The van der Waals surface area contributed by atoms with Crippen LogP contribution in [0.2, 0.25) is 0 Å². The quantitative estimate of drug-likeness (QED) is 0.533. The molecule has 0 heteroatoms. The first-order valence-electron chi connectivity index (χ1n) is 4.31. The van der Waals surface area contributed by atoms with Crippen LogP contribution in [0.15, 0.2) is 22.3 Å². The highest BCUT2D eigenvalue weighted by molar-refractivity contribution is 5.56. The molecule has 0 saturated carbocycles. The Kier molecular flexibility index (Phi) is 2.22. The predicted octanol–water partition coefficient (Wildman–Crippen LogP) is 3.66. The minimum absolute atomic E-state index is 1.17. The lowest BCUT2D eigenvalue weighted by atomic mass is 9.94. The number of hydrogen-bond acceptors (Lipinski definition) is 0. The fourth-order valence-corrected chi connectivity index (χ4v) is 1.83. The fraction of sp³-hybridized carbons (Fsp3) is 0.545. The summed E-state index contributed by atoms with van der Waals surface area (Å²) in [4.78, 5) is 0. The lowest BCUT2D eigenvalue weighted by Gasteiger charge is -2.09. The minimum atomic E-state index is 1.17. The lowest BCUT2D eigenvalue weighted by Crippen LogP contribution is -1.94. The second kappa shape index (κ2) is 2.84. The fourth-order valence-electron chi connectivity index (χ4n) is 1.83. The highest BCUT2D eigenvalue weighted by Gasteiger charge is 2.22. The molecule has 0 fully saturated rings. The standard InChI is InChI=1S/C11H17/c1-6-11-9(4)7(2)8(3)10(11)5/h6H2,1-5H3. The molecule has 0 spiro atoms. The Hall–Kier alpha value is -0.520. The van der Waals surface area contributed by atoms with Crippen molar-refractivity contribution in [2.24, 2.45) is 0 Å². The average Bonchev–Trinajstić information content (AvgIpc) is 2.17. The minimum Gasteiger partial charge on any atom is -0.0642 e. The Morgan fingerprint density at radius 2 is 1.09 bits per heavy atom. The normalized spacial score (nSPS) is 20.5. The van der Waals surface area contributed by atoms with Crippen LogP contribution in [0.25, 0.3) is 0 Å². The maximum atomic E-state index is 2.23. The predicted molar refractivity (Wildman–Crippen MR) is 50.3 cm³/mol. The molecule has 0 unspecified atom stereocenters. The zero-order valence-corrected chi connectivity index (χ0v) is 8.21. The molecule has 0 aromatic carbocycles. The van der Waals surface area contributed by atoms with E-state index in [2.05, 4.69) is 34.6 Å². The molecule has 0 aliphatic heterocycles. The van der Waals surface area contributed by atoms with Crippen molar-refractivity contribution in [3.63, 3.8) is 0 Å². The topological polar surface area (TPSA) is 0 Å². The smallest absolute Gasteiger partial charge is 0.0255 e. The van der Waals surface area contributed by atoms with Crippen molar-refractivity contribution in [1.29, 1.82) is 0 Å². The van der Waals surface area contributed by atoms with Crippen molar-refractivity contribution in [1.82, 2.24) is 0 Å². The molecule has 0 bridgehead atoms. The number of allylic oxidation sites excluding steroid dienone is 4. The molecular weight excluding hydrogens is 132 g/mol. The monoisotopic (exact) mass is 149 g/mol. The molecule has 0 amide bonds. The van der Waals surface area contributed by atoms with Gasteiger partial charge in [-0.2, -0.15) is 0 Å². The zero-order chi connectivity index (χ0) is 8.59. The van der Waals surface area contributed by atoms with Crippen LogP contribution >= 0.6 is 0 Å². The van der Waals surface area contributed by atoms with Crippen molar-refractivity contribution >= 4 is 0 Å². The van der Waals surface area contributed by atoms with E-state index in [0.717, 1.165) is 0 Å². The Labute approximate surface area is 70.0 Å². The van der Waals surface area contributed by atoms with Crippen molar-refractivity contribution in [2.45, 2.75) is 41.0 Å². The van der Waals surface area contributed by atoms with Gasteiger partial charge in [-0.15, -0.1) is 0 Å². The van der Waals surface area contributed by atoms with E-state index in [-0.39, 0.29) is 0 Å². The van der Waals surface area contributed by atoms with Crippen LogP contribution in [0.1, 0.15) is 41.0 Å². The van der Waals surface area contributed by atoms with Gasteiger partial charge in [0.05, 0.1) is 0 Å². The van der Waals surface area contributed by atoms with Gasteiger partial charge in [-0.25, -0.2) is 0 Å². The van der Waals surface area contributed by atoms with Gasteiger partial charge in [-0.05, 0) is 45.3 Å². The first-order chi connectivity index (χ1) is 5.09. The third-order valence-corrected chi connectivity index (χ3v) is 2.95. The number of rotatable bonds is 1. The summed E-state index contributed by atoms with van der Waals surface area (Å²) in [5, 5.41) is 0. The molecule has 0 atom stereocenters. The Bertz CT molecular complexity index is 204. The van der Waals surface area contributed by atoms with E-state index in [4.69, 9.17) is 0 Å². The second-order valence-corrected chi connectivity index (χ2v) is 3.33. The lowest BCUT2D eigenvalue weighted by molar-refractivity contribution is 0.964. The number of hydrogen-bond donors (Lipinski definition) is 0. The van der Waals surface area contributed by atoms with Gasteiger partial charge in [-0.3, -0.25) is 0 Å². The molecule has 1 radical (unpaired) electrons. The molecule has 0 saturated heterocycles. The van der Waals surface area contributed by atoms with Crippen LogP contribution in [0.4, 0.5) is 0 Å². The highest BCUT2D eigenvalue weighted by Crippen LogP contribution is 2.39. The molecule has 1 aliphatic carbocycles. The van der Waals surface area contributed by atoms with Crippen LogP contribution in [-0.2, 0) is 0 Å². The van der Waals surface area contributed by atoms with Crippen LogP contribution in [0.3, 0.4) is 0 Å². The van der Waals surface area contributed by atoms with Crippen molar-refractivity contribution < 1.29 is 0 Å². The van der Waals surface area contributed by atoms with Gasteiger partial charge in [-0.1, -0.05) is 18.1 Å². The van der Waals surface area contributed by atoms with E-state index in [1.165, 1.54) is 28.7 Å². The first kappa shape index (κ1) is 8.58. The molecule has 0 nitrogen and oxygen atoms in total. The van der Waals surface area contributed by atoms with Crippen LogP contribution in [0.5, 0.6) is 0 Å². The van der Waals surface area contributed by atoms with E-state index in [9.17, 15) is 0 Å². The highest BCUT2D eigenvalue weighted by atomic mass is 14.3. The summed E-state index contributed by atoms with van der Waals surface area (Å²) in [6.07, 6.45) is 1.17. The van der Waals surface area contributed by atoms with Gasteiger partial charge in [0, 0.05) is 5.92 Å². The summed E-state index contributed by atoms with van der Waals surface area (Å²) >= 11 is 0. The summed E-state index contributed by atoms with van der Waals surface area (Å²) in [7, 11) is 0. The van der Waals surface area contributed by atoms with Crippen LogP contribution in [-0.4, -0.2) is 0 Å². The third-order valence-electron chi connectivity index (χ3n) is 2.95. The summed E-state index contributed by atoms with van der Waals surface area (Å²) in [6, 6.07) is 0. The average molecular weight is 149 g/mol. The van der Waals surface area contributed by atoms with E-state index >= 15 is 0 Å². The van der Waals surface area contributed by atoms with Gasteiger partial charge in [0.2, 0.25) is 0 Å². The van der Waals surface area contributed by atoms with Crippen molar-refractivity contribution in [3.05, 3.63) is 28.2 Å². The Morgan fingerprint density at radius 3 is 1.27 bits per heavy atom. The summed E-state index contributed by atoms with van der Waals surface area (Å²) < 4.78 is 0. The van der Waals surface area contributed by atoms with Gasteiger partial charge >= 0.3 is 0 Å². The van der Waals surface area contributed by atoms with Crippen LogP contribution < -0.4 is 0 Å². The Morgan fingerprint density at radius 1 is 0.727 bits per heavy atom. The van der Waals surface area contributed by atoms with Crippen molar-refractivity contribution in [3.8, 4) is 0 Å². The van der Waals surface area contributed by atoms with Crippen molar-refractivity contribution in [2.75, 3.05) is 0 Å². The maximum Gasteiger partial charge on any atom is 0.0255 e. The second-order valence-electron chi connectivity index (χ2n) is 3.33. The summed E-state index contributed by atoms with van der Waals surface area (Å²) in [6.45, 7) is 11.1. The molecular formula is C11H17. The van der Waals surface area contributed by atoms with E-state index < -0.39 is 0 Å². The van der Waals surface area contributed by atoms with Gasteiger partial charge in [0.25, 0.3) is 0 Å². The molecule has 0 aromatic rings. The SMILES string of the molecule is CC[C]1C(C)=C(C)C(C)=C1C. The molecule has 0 aromatic heterocycles. The van der Waals surface area contributed by atoms with E-state index in [1.54, 1.807) is 5.92 Å².